The zero-order valence-electron chi connectivity index (χ0n) is 23.5. The van der Waals surface area contributed by atoms with Gasteiger partial charge in [0, 0.05) is 41.8 Å². The molecule has 1 amide bonds. The molecule has 3 fully saturated rings. The number of hydrogen-bond donors (Lipinski definition) is 3. The van der Waals surface area contributed by atoms with Crippen molar-refractivity contribution >= 4 is 28.1 Å². The number of pyridine rings is 1. The second-order valence-corrected chi connectivity index (χ2v) is 11.7. The highest BCUT2D eigenvalue weighted by Gasteiger charge is 2.83. The lowest BCUT2D eigenvalue weighted by Crippen LogP contribution is -2.53. The van der Waals surface area contributed by atoms with Gasteiger partial charge in [-0.2, -0.15) is 0 Å². The van der Waals surface area contributed by atoms with E-state index in [4.69, 9.17) is 5.73 Å². The number of carbonyl (C=O) groups is 1. The van der Waals surface area contributed by atoms with Crippen molar-refractivity contribution in [2.75, 3.05) is 18.8 Å². The van der Waals surface area contributed by atoms with E-state index in [-0.39, 0.29) is 28.4 Å². The number of fused-ring (bicyclic) bond motifs is 2. The first-order valence-electron chi connectivity index (χ1n) is 14.5. The first-order valence-corrected chi connectivity index (χ1v) is 14.5. The van der Waals surface area contributed by atoms with Crippen molar-refractivity contribution in [3.8, 4) is 17.5 Å². The number of carbonyl (C=O) groups excluding carboxylic acids is 1. The minimum Gasteiger partial charge on any atom is -0.381 e. The van der Waals surface area contributed by atoms with E-state index in [1.807, 2.05) is 61.5 Å². The lowest BCUT2D eigenvalue weighted by atomic mass is 9.96. The first-order chi connectivity index (χ1) is 20.8. The van der Waals surface area contributed by atoms with Gasteiger partial charge < -0.3 is 16.2 Å². The lowest BCUT2D eigenvalue weighted by molar-refractivity contribution is 0.0164. The SMILES string of the molecule is C[C@H](NC(=O)c1c(N)nn2cccnc12)c1cc2cccc(C#CC3(O)C4CCN5CCC453)c2c(=O)n1-c1ccccc1. The minimum absolute atomic E-state index is 0.0663. The summed E-state index contributed by atoms with van der Waals surface area (Å²) in [6.45, 7) is 3.85. The van der Waals surface area contributed by atoms with Gasteiger partial charge in [-0.1, -0.05) is 42.2 Å². The molecule has 5 heterocycles. The fourth-order valence-corrected chi connectivity index (χ4v) is 7.43. The van der Waals surface area contributed by atoms with Gasteiger partial charge in [0.15, 0.2) is 11.5 Å². The van der Waals surface area contributed by atoms with Gasteiger partial charge in [-0.05, 0) is 62.0 Å². The summed E-state index contributed by atoms with van der Waals surface area (Å²) in [5.41, 5.74) is 6.94. The van der Waals surface area contributed by atoms with E-state index < -0.39 is 17.6 Å². The molecule has 1 spiro atoms. The second-order valence-electron chi connectivity index (χ2n) is 11.7. The van der Waals surface area contributed by atoms with Crippen LogP contribution in [0.4, 0.5) is 5.82 Å². The van der Waals surface area contributed by atoms with E-state index in [0.717, 1.165) is 25.9 Å². The highest BCUT2D eigenvalue weighted by Crippen LogP contribution is 2.69. The number of nitrogens with one attached hydrogen (secondary N) is 1. The van der Waals surface area contributed by atoms with Crippen molar-refractivity contribution in [1.82, 2.24) is 29.4 Å². The van der Waals surface area contributed by atoms with Crippen LogP contribution >= 0.6 is 0 Å². The first kappa shape index (κ1) is 25.7. The highest BCUT2D eigenvalue weighted by molar-refractivity contribution is 6.04. The van der Waals surface area contributed by atoms with Crippen LogP contribution in [0.1, 0.15) is 47.4 Å². The van der Waals surface area contributed by atoms with Crippen molar-refractivity contribution in [2.24, 2.45) is 5.92 Å². The van der Waals surface area contributed by atoms with Crippen molar-refractivity contribution < 1.29 is 9.90 Å². The van der Waals surface area contributed by atoms with Gasteiger partial charge in [-0.3, -0.25) is 19.1 Å². The third-order valence-corrected chi connectivity index (χ3v) is 9.59. The van der Waals surface area contributed by atoms with Gasteiger partial charge in [0.2, 0.25) is 0 Å². The molecular formula is C33H29N7O3. The topological polar surface area (TPSA) is 131 Å². The third-order valence-electron chi connectivity index (χ3n) is 9.59. The molecule has 10 heteroatoms. The Labute approximate surface area is 246 Å². The molecule has 10 nitrogen and oxygen atoms in total. The molecule has 1 saturated carbocycles. The molecule has 2 saturated heterocycles. The summed E-state index contributed by atoms with van der Waals surface area (Å²) < 4.78 is 3.07. The number of nitrogens with two attached hydrogens (primary N) is 1. The summed E-state index contributed by atoms with van der Waals surface area (Å²) in [6.07, 6.45) is 5.16. The van der Waals surface area contributed by atoms with Crippen LogP contribution in [0.3, 0.4) is 0 Å². The van der Waals surface area contributed by atoms with Crippen LogP contribution in [0.5, 0.6) is 0 Å². The molecule has 43 heavy (non-hydrogen) atoms. The zero-order chi connectivity index (χ0) is 29.5. The molecule has 3 aromatic heterocycles. The van der Waals surface area contributed by atoms with Gasteiger partial charge in [-0.15, -0.1) is 5.10 Å². The van der Waals surface area contributed by atoms with Crippen LogP contribution in [0.15, 0.2) is 77.9 Å². The molecule has 2 aromatic carbocycles. The van der Waals surface area contributed by atoms with Crippen LogP contribution in [0.2, 0.25) is 0 Å². The third kappa shape index (κ3) is 3.49. The number of aromatic nitrogens is 4. The number of hydrogen-bond acceptors (Lipinski definition) is 7. The van der Waals surface area contributed by atoms with Crippen molar-refractivity contribution in [3.63, 3.8) is 0 Å². The van der Waals surface area contributed by atoms with Gasteiger partial charge >= 0.3 is 0 Å². The molecular weight excluding hydrogens is 542 g/mol. The van der Waals surface area contributed by atoms with Crippen LogP contribution in [0, 0.1) is 17.8 Å². The Bertz CT molecular complexity index is 2090. The largest absolute Gasteiger partial charge is 0.381 e. The Morgan fingerprint density at radius 3 is 2.77 bits per heavy atom. The number of amides is 1. The number of nitrogen functional groups attached to an aromatic ring is 1. The molecule has 0 radical (unpaired) electrons. The van der Waals surface area contributed by atoms with Gasteiger partial charge in [0.05, 0.1) is 17.0 Å². The van der Waals surface area contributed by atoms with E-state index in [9.17, 15) is 14.7 Å². The zero-order valence-corrected chi connectivity index (χ0v) is 23.5. The molecule has 5 aromatic rings. The fourth-order valence-electron chi connectivity index (χ4n) is 7.43. The van der Waals surface area contributed by atoms with Crippen molar-refractivity contribution in [2.45, 2.75) is 36.9 Å². The number of aliphatic hydroxyl groups is 1. The quantitative estimate of drug-likeness (QED) is 0.283. The van der Waals surface area contributed by atoms with E-state index >= 15 is 0 Å². The van der Waals surface area contributed by atoms with Gasteiger partial charge in [0.25, 0.3) is 11.5 Å². The minimum atomic E-state index is -1.03. The van der Waals surface area contributed by atoms with Crippen LogP contribution in [0.25, 0.3) is 22.1 Å². The summed E-state index contributed by atoms with van der Waals surface area (Å²) in [5.74, 6) is 6.18. The van der Waals surface area contributed by atoms with E-state index in [2.05, 4.69) is 32.1 Å². The lowest BCUT2D eigenvalue weighted by Gasteiger charge is -2.40. The molecule has 2 aliphatic heterocycles. The Kier molecular flexibility index (Phi) is 5.39. The Morgan fingerprint density at radius 2 is 2.00 bits per heavy atom. The molecule has 4 N–H and O–H groups in total. The number of anilines is 1. The molecule has 0 bridgehead atoms. The molecule has 214 valence electrons. The van der Waals surface area contributed by atoms with E-state index in [1.54, 1.807) is 23.0 Å². The smallest absolute Gasteiger partial charge is 0.264 e. The van der Waals surface area contributed by atoms with Crippen molar-refractivity contribution in [1.29, 1.82) is 0 Å². The van der Waals surface area contributed by atoms with E-state index in [0.29, 0.717) is 33.4 Å². The summed E-state index contributed by atoms with van der Waals surface area (Å²) in [7, 11) is 0. The summed E-state index contributed by atoms with van der Waals surface area (Å²) >= 11 is 0. The van der Waals surface area contributed by atoms with Crippen molar-refractivity contribution in [3.05, 3.63) is 100 Å². The number of benzene rings is 2. The second kappa shape index (κ2) is 9.01. The Hall–Kier alpha value is -4.98. The fraction of sp³-hybridized carbons (Fsp3) is 0.273. The maximum Gasteiger partial charge on any atom is 0.264 e. The predicted octanol–water partition coefficient (Wildman–Crippen LogP) is 2.67. The maximum atomic E-state index is 14.3. The predicted molar refractivity (Wildman–Crippen MR) is 162 cm³/mol. The normalized spacial score (nSPS) is 24.5. The van der Waals surface area contributed by atoms with Crippen LogP contribution < -0.4 is 16.6 Å². The summed E-state index contributed by atoms with van der Waals surface area (Å²) in [4.78, 5) is 34.4. The maximum absolute atomic E-state index is 14.3. The van der Waals surface area contributed by atoms with Crippen LogP contribution in [-0.4, -0.2) is 59.3 Å². The number of piperidine rings is 1. The molecule has 3 aliphatic rings. The molecule has 8 rings (SSSR count). The average molecular weight is 572 g/mol. The van der Waals surface area contributed by atoms with Gasteiger partial charge in [0.1, 0.15) is 11.2 Å². The molecule has 4 atom stereocenters. The monoisotopic (exact) mass is 571 g/mol. The highest BCUT2D eigenvalue weighted by atomic mass is 16.3. The molecule has 1 aliphatic carbocycles. The number of rotatable bonds is 4. The number of para-hydroxylation sites is 1. The summed E-state index contributed by atoms with van der Waals surface area (Å²) in [6, 6.07) is 17.9. The average Bonchev–Trinajstić information content (AvgIpc) is 3.20. The van der Waals surface area contributed by atoms with E-state index in [1.165, 1.54) is 4.52 Å². The Balaban J connectivity index is 1.22. The molecule has 3 unspecified atom stereocenters. The standard InChI is InChI=1S/C33H29N7O3/c1-20(36-30(41)27-28(34)37-39-16-6-15-35-29(27)39)24-19-22-8-5-7-21(26(22)31(42)40(24)23-9-3-2-4-10-23)11-13-33(43)25-12-17-38-18-14-32(25,33)38/h2-10,15-16,19-20,25,43H,12,14,17-18H2,1H3,(H2,34,37)(H,36,41)/t20-,25?,32?,33?/m0/s1. The number of nitrogens with zero attached hydrogens (tertiary/aromatic N) is 5. The Morgan fingerprint density at radius 1 is 1.16 bits per heavy atom. The van der Waals surface area contributed by atoms with Crippen LogP contribution in [-0.2, 0) is 0 Å². The van der Waals surface area contributed by atoms with Gasteiger partial charge in [-0.25, -0.2) is 9.50 Å². The summed E-state index contributed by atoms with van der Waals surface area (Å²) in [5, 5.41) is 19.8.